The second-order valence-corrected chi connectivity index (χ2v) is 8.48. The van der Waals surface area contributed by atoms with E-state index in [0.717, 1.165) is 29.8 Å². The topological polar surface area (TPSA) is 75.6 Å². The SMILES string of the molecule is CC(C)(C)OC(=O)NC(C(=O)O)C12CC(c3ccccc3Cl)(C1)C2. The number of hydrogen-bond donors (Lipinski definition) is 2. The molecule has 5 nitrogen and oxygen atoms in total. The number of benzene rings is 1. The van der Waals surface area contributed by atoms with Crippen molar-refractivity contribution in [2.75, 3.05) is 0 Å². The summed E-state index contributed by atoms with van der Waals surface area (Å²) >= 11 is 6.28. The Labute approximate surface area is 146 Å². The molecule has 3 aliphatic carbocycles. The summed E-state index contributed by atoms with van der Waals surface area (Å²) in [4.78, 5) is 23.6. The predicted octanol–water partition coefficient (Wildman–Crippen LogP) is 3.74. The highest BCUT2D eigenvalue weighted by Gasteiger charge is 2.73. The van der Waals surface area contributed by atoms with Crippen LogP contribution in [0.4, 0.5) is 4.79 Å². The highest BCUT2D eigenvalue weighted by molar-refractivity contribution is 6.31. The maximum atomic E-state index is 12.0. The Balaban J connectivity index is 1.70. The maximum Gasteiger partial charge on any atom is 0.408 e. The van der Waals surface area contributed by atoms with Crippen molar-refractivity contribution in [1.29, 1.82) is 0 Å². The van der Waals surface area contributed by atoms with Gasteiger partial charge < -0.3 is 15.2 Å². The molecular weight excluding hydrogens is 330 g/mol. The first-order valence-corrected chi connectivity index (χ1v) is 8.42. The molecular formula is C18H22ClNO4. The van der Waals surface area contributed by atoms with Gasteiger partial charge in [0.05, 0.1) is 0 Å². The molecule has 2 bridgehead atoms. The van der Waals surface area contributed by atoms with Gasteiger partial charge in [-0.25, -0.2) is 9.59 Å². The van der Waals surface area contributed by atoms with Crippen LogP contribution < -0.4 is 5.32 Å². The van der Waals surface area contributed by atoms with Crippen molar-refractivity contribution < 1.29 is 19.4 Å². The van der Waals surface area contributed by atoms with Crippen molar-refractivity contribution in [2.45, 2.75) is 57.1 Å². The van der Waals surface area contributed by atoms with Crippen molar-refractivity contribution >= 4 is 23.7 Å². The number of hydrogen-bond acceptors (Lipinski definition) is 3. The molecule has 1 atom stereocenters. The number of rotatable bonds is 4. The van der Waals surface area contributed by atoms with Crippen LogP contribution in [0.2, 0.25) is 5.02 Å². The molecule has 3 saturated carbocycles. The fraction of sp³-hybridized carbons (Fsp3) is 0.556. The normalized spacial score (nSPS) is 29.0. The lowest BCUT2D eigenvalue weighted by Gasteiger charge is -2.72. The number of alkyl carbamates (subject to hydrolysis) is 1. The number of ether oxygens (including phenoxy) is 1. The van der Waals surface area contributed by atoms with E-state index in [9.17, 15) is 14.7 Å². The number of halogens is 1. The van der Waals surface area contributed by atoms with Gasteiger partial charge in [0.25, 0.3) is 0 Å². The Hall–Kier alpha value is -1.75. The van der Waals surface area contributed by atoms with E-state index in [1.54, 1.807) is 20.8 Å². The van der Waals surface area contributed by atoms with Gasteiger partial charge in [0.15, 0.2) is 0 Å². The molecule has 0 aliphatic heterocycles. The first-order chi connectivity index (χ1) is 11.1. The molecule has 3 fully saturated rings. The fourth-order valence-corrected chi connectivity index (χ4v) is 4.59. The molecule has 0 heterocycles. The molecule has 24 heavy (non-hydrogen) atoms. The molecule has 0 saturated heterocycles. The smallest absolute Gasteiger partial charge is 0.408 e. The number of carbonyl (C=O) groups is 2. The van der Waals surface area contributed by atoms with Crippen LogP contribution in [0.5, 0.6) is 0 Å². The number of aliphatic carboxylic acids is 1. The van der Waals surface area contributed by atoms with Crippen molar-refractivity contribution in [3.63, 3.8) is 0 Å². The third-order valence-electron chi connectivity index (χ3n) is 5.04. The van der Waals surface area contributed by atoms with Gasteiger partial charge >= 0.3 is 12.1 Å². The minimum absolute atomic E-state index is 0.0400. The molecule has 0 radical (unpaired) electrons. The average Bonchev–Trinajstić information content (AvgIpc) is 2.34. The first kappa shape index (κ1) is 17.1. The zero-order chi connectivity index (χ0) is 17.8. The third kappa shape index (κ3) is 2.75. The summed E-state index contributed by atoms with van der Waals surface area (Å²) in [5.41, 5.74) is -0.0236. The van der Waals surface area contributed by atoms with E-state index in [-0.39, 0.29) is 5.41 Å². The Morgan fingerprint density at radius 1 is 1.25 bits per heavy atom. The van der Waals surface area contributed by atoms with E-state index in [4.69, 9.17) is 16.3 Å². The van der Waals surface area contributed by atoms with E-state index in [0.29, 0.717) is 0 Å². The Kier molecular flexibility index (Phi) is 3.83. The predicted molar refractivity (Wildman–Crippen MR) is 90.2 cm³/mol. The number of amides is 1. The summed E-state index contributed by atoms with van der Waals surface area (Å²) in [6.07, 6.45) is 1.47. The molecule has 6 heteroatoms. The molecule has 1 unspecified atom stereocenters. The van der Waals surface area contributed by atoms with Crippen LogP contribution in [0.1, 0.15) is 45.6 Å². The van der Waals surface area contributed by atoms with Crippen LogP contribution >= 0.6 is 11.6 Å². The van der Waals surface area contributed by atoms with Crippen LogP contribution in [0, 0.1) is 5.41 Å². The average molecular weight is 352 g/mol. The van der Waals surface area contributed by atoms with Crippen LogP contribution in [0.3, 0.4) is 0 Å². The highest BCUT2D eigenvalue weighted by Crippen LogP contribution is 2.75. The van der Waals surface area contributed by atoms with Crippen molar-refractivity contribution in [3.8, 4) is 0 Å². The Morgan fingerprint density at radius 2 is 1.83 bits per heavy atom. The van der Waals surface area contributed by atoms with Crippen LogP contribution in [-0.4, -0.2) is 28.8 Å². The van der Waals surface area contributed by atoms with Gasteiger partial charge in [0.1, 0.15) is 11.6 Å². The van der Waals surface area contributed by atoms with E-state index in [1.165, 1.54) is 0 Å². The molecule has 1 aromatic carbocycles. The Morgan fingerprint density at radius 3 is 2.33 bits per heavy atom. The lowest BCUT2D eigenvalue weighted by molar-refractivity contribution is -0.183. The summed E-state index contributed by atoms with van der Waals surface area (Å²) < 4.78 is 5.19. The summed E-state index contributed by atoms with van der Waals surface area (Å²) in [6.45, 7) is 5.24. The van der Waals surface area contributed by atoms with Crippen molar-refractivity contribution in [2.24, 2.45) is 5.41 Å². The number of carbonyl (C=O) groups excluding carboxylic acids is 1. The van der Waals surface area contributed by atoms with Crippen molar-refractivity contribution in [3.05, 3.63) is 34.9 Å². The molecule has 1 aromatic rings. The lowest BCUT2D eigenvalue weighted by atomic mass is 9.31. The zero-order valence-electron chi connectivity index (χ0n) is 14.1. The molecule has 2 N–H and O–H groups in total. The van der Waals surface area contributed by atoms with Gasteiger partial charge in [-0.15, -0.1) is 0 Å². The van der Waals surface area contributed by atoms with E-state index < -0.39 is 29.1 Å². The Bertz CT molecular complexity index is 675. The first-order valence-electron chi connectivity index (χ1n) is 8.04. The van der Waals surface area contributed by atoms with Crippen LogP contribution in [-0.2, 0) is 14.9 Å². The second kappa shape index (κ2) is 5.38. The summed E-state index contributed by atoms with van der Waals surface area (Å²) in [5.74, 6) is -1.02. The van der Waals surface area contributed by atoms with Gasteiger partial charge in [-0.1, -0.05) is 29.8 Å². The lowest BCUT2D eigenvalue weighted by Crippen LogP contribution is -2.73. The fourth-order valence-electron chi connectivity index (χ4n) is 4.25. The molecule has 3 aliphatic rings. The minimum atomic E-state index is -1.02. The van der Waals surface area contributed by atoms with Crippen LogP contribution in [0.15, 0.2) is 24.3 Å². The third-order valence-corrected chi connectivity index (χ3v) is 5.37. The minimum Gasteiger partial charge on any atom is -0.480 e. The van der Waals surface area contributed by atoms with Gasteiger partial charge in [-0.3, -0.25) is 0 Å². The summed E-state index contributed by atoms with van der Waals surface area (Å²) in [5, 5.41) is 12.8. The summed E-state index contributed by atoms with van der Waals surface area (Å²) in [6, 6.07) is 6.76. The molecule has 130 valence electrons. The molecule has 1 amide bonds. The van der Waals surface area contributed by atoms with E-state index >= 15 is 0 Å². The molecule has 0 spiro atoms. The largest absolute Gasteiger partial charge is 0.480 e. The quantitative estimate of drug-likeness (QED) is 0.866. The van der Waals surface area contributed by atoms with E-state index in [1.807, 2.05) is 24.3 Å². The van der Waals surface area contributed by atoms with Gasteiger partial charge in [-0.2, -0.15) is 0 Å². The standard InChI is InChI=1S/C18H22ClNO4/c1-16(2,3)24-15(23)20-13(14(21)22)18-8-17(9-18,10-18)11-6-4-5-7-12(11)19/h4-7,13H,8-10H2,1-3H3,(H,20,23)(H,21,22). The van der Waals surface area contributed by atoms with Gasteiger partial charge in [-0.05, 0) is 57.1 Å². The zero-order valence-corrected chi connectivity index (χ0v) is 14.8. The molecule has 4 rings (SSSR count). The molecule has 0 aromatic heterocycles. The number of nitrogens with one attached hydrogen (secondary N) is 1. The number of carboxylic acids is 1. The van der Waals surface area contributed by atoms with Gasteiger partial charge in [0.2, 0.25) is 0 Å². The van der Waals surface area contributed by atoms with Crippen LogP contribution in [0.25, 0.3) is 0 Å². The van der Waals surface area contributed by atoms with Crippen molar-refractivity contribution in [1.82, 2.24) is 5.32 Å². The highest BCUT2D eigenvalue weighted by atomic mass is 35.5. The van der Waals surface area contributed by atoms with Gasteiger partial charge in [0, 0.05) is 10.4 Å². The summed E-state index contributed by atoms with van der Waals surface area (Å²) in [7, 11) is 0. The number of carboxylic acid groups (broad SMARTS) is 1. The second-order valence-electron chi connectivity index (χ2n) is 8.07. The van der Waals surface area contributed by atoms with E-state index in [2.05, 4.69) is 5.32 Å². The monoisotopic (exact) mass is 351 g/mol. The maximum absolute atomic E-state index is 12.0.